The van der Waals surface area contributed by atoms with Gasteiger partial charge >= 0.3 is 0 Å². The average molecular weight is 188 g/mol. The van der Waals surface area contributed by atoms with E-state index in [9.17, 15) is 4.39 Å². The molecular weight excluding hydrogens is 179 g/mol. The van der Waals surface area contributed by atoms with Gasteiger partial charge in [-0.3, -0.25) is 0 Å². The second-order valence-corrected chi connectivity index (χ2v) is 3.07. The van der Waals surface area contributed by atoms with Crippen molar-refractivity contribution in [2.24, 2.45) is 0 Å². The lowest BCUT2D eigenvalue weighted by Crippen LogP contribution is -1.94. The fourth-order valence-electron chi connectivity index (χ4n) is 1.22. The molecule has 0 atom stereocenters. The van der Waals surface area contributed by atoms with E-state index in [2.05, 4.69) is 10.2 Å². The molecule has 2 nitrogen and oxygen atoms in total. The maximum Gasteiger partial charge on any atom is 0.236 e. The van der Waals surface area contributed by atoms with Gasteiger partial charge in [-0.25, -0.2) is 0 Å². The molecular formula is C11H9FN2. The van der Waals surface area contributed by atoms with Gasteiger partial charge in [0.25, 0.3) is 0 Å². The van der Waals surface area contributed by atoms with E-state index >= 15 is 0 Å². The minimum atomic E-state index is -0.510. The van der Waals surface area contributed by atoms with Crippen LogP contribution in [0.1, 0.15) is 5.56 Å². The van der Waals surface area contributed by atoms with Crippen molar-refractivity contribution in [1.82, 2.24) is 10.2 Å². The molecule has 2 rings (SSSR count). The van der Waals surface area contributed by atoms with Gasteiger partial charge in [-0.05, 0) is 13.0 Å². The van der Waals surface area contributed by atoms with Gasteiger partial charge in [-0.2, -0.15) is 4.39 Å². The highest BCUT2D eigenvalue weighted by Gasteiger charge is 2.03. The SMILES string of the molecule is Cc1cc(-c2ccccc2)nnc1F. The summed E-state index contributed by atoms with van der Waals surface area (Å²) in [4.78, 5) is 0. The standard InChI is InChI=1S/C11H9FN2/c1-8-7-10(13-14-11(8)12)9-5-3-2-4-6-9/h2-7H,1H3. The van der Waals surface area contributed by atoms with Crippen molar-refractivity contribution < 1.29 is 4.39 Å². The lowest BCUT2D eigenvalue weighted by Gasteiger charge is -2.00. The molecule has 1 aromatic heterocycles. The number of benzene rings is 1. The van der Waals surface area contributed by atoms with Crippen LogP contribution in [0.5, 0.6) is 0 Å². The third kappa shape index (κ3) is 1.62. The fraction of sp³-hybridized carbons (Fsp3) is 0.0909. The van der Waals surface area contributed by atoms with Gasteiger partial charge in [0.05, 0.1) is 5.69 Å². The van der Waals surface area contributed by atoms with Crippen molar-refractivity contribution in [2.45, 2.75) is 6.92 Å². The molecule has 0 aliphatic carbocycles. The van der Waals surface area contributed by atoms with Crippen LogP contribution in [0.3, 0.4) is 0 Å². The number of halogens is 1. The molecule has 0 radical (unpaired) electrons. The largest absolute Gasteiger partial charge is 0.236 e. The van der Waals surface area contributed by atoms with Gasteiger partial charge in [-0.1, -0.05) is 30.3 Å². The summed E-state index contributed by atoms with van der Waals surface area (Å²) in [5.74, 6) is -0.510. The number of nitrogens with zero attached hydrogens (tertiary/aromatic N) is 2. The molecule has 0 saturated carbocycles. The number of hydrogen-bond donors (Lipinski definition) is 0. The summed E-state index contributed by atoms with van der Waals surface area (Å²) in [6.07, 6.45) is 0. The zero-order valence-corrected chi connectivity index (χ0v) is 7.74. The van der Waals surface area contributed by atoms with E-state index in [1.165, 1.54) is 0 Å². The second kappa shape index (κ2) is 3.54. The second-order valence-electron chi connectivity index (χ2n) is 3.07. The van der Waals surface area contributed by atoms with Crippen LogP contribution in [0.15, 0.2) is 36.4 Å². The highest BCUT2D eigenvalue weighted by molar-refractivity contribution is 5.58. The molecule has 0 aliphatic heterocycles. The van der Waals surface area contributed by atoms with Crippen molar-refractivity contribution >= 4 is 0 Å². The van der Waals surface area contributed by atoms with Crippen molar-refractivity contribution in [3.05, 3.63) is 47.9 Å². The van der Waals surface area contributed by atoms with Crippen LogP contribution in [0.4, 0.5) is 4.39 Å². The Balaban J connectivity index is 2.48. The van der Waals surface area contributed by atoms with E-state index in [4.69, 9.17) is 0 Å². The first kappa shape index (κ1) is 8.81. The van der Waals surface area contributed by atoms with Crippen molar-refractivity contribution in [1.29, 1.82) is 0 Å². The monoisotopic (exact) mass is 188 g/mol. The van der Waals surface area contributed by atoms with E-state index in [0.29, 0.717) is 11.3 Å². The molecule has 3 heteroatoms. The molecule has 1 aromatic carbocycles. The first-order valence-electron chi connectivity index (χ1n) is 4.32. The van der Waals surface area contributed by atoms with Crippen molar-refractivity contribution in [2.75, 3.05) is 0 Å². The maximum absolute atomic E-state index is 12.8. The summed E-state index contributed by atoms with van der Waals surface area (Å²) in [5.41, 5.74) is 2.16. The van der Waals surface area contributed by atoms with Crippen LogP contribution < -0.4 is 0 Å². The number of aryl methyl sites for hydroxylation is 1. The summed E-state index contributed by atoms with van der Waals surface area (Å²) in [6.45, 7) is 1.68. The quantitative estimate of drug-likeness (QED) is 0.687. The van der Waals surface area contributed by atoms with E-state index in [0.717, 1.165) is 5.56 Å². The molecule has 0 spiro atoms. The molecule has 1 heterocycles. The third-order valence-electron chi connectivity index (χ3n) is 1.99. The van der Waals surface area contributed by atoms with Gasteiger partial charge in [0.15, 0.2) is 0 Å². The lowest BCUT2D eigenvalue weighted by atomic mass is 10.1. The summed E-state index contributed by atoms with van der Waals surface area (Å²) in [6, 6.07) is 11.3. The van der Waals surface area contributed by atoms with Crippen LogP contribution in [0, 0.1) is 12.9 Å². The Kier molecular flexibility index (Phi) is 2.23. The first-order chi connectivity index (χ1) is 6.77. The molecule has 14 heavy (non-hydrogen) atoms. The predicted octanol–water partition coefficient (Wildman–Crippen LogP) is 2.59. The van der Waals surface area contributed by atoms with Crippen LogP contribution in [-0.2, 0) is 0 Å². The van der Waals surface area contributed by atoms with Crippen LogP contribution in [0.2, 0.25) is 0 Å². The van der Waals surface area contributed by atoms with Crippen molar-refractivity contribution in [3.63, 3.8) is 0 Å². The Morgan fingerprint density at radius 3 is 2.43 bits per heavy atom. The minimum Gasteiger partial charge on any atom is -0.183 e. The van der Waals surface area contributed by atoms with Gasteiger partial charge in [0.1, 0.15) is 0 Å². The molecule has 0 amide bonds. The molecule has 0 saturated heterocycles. The summed E-state index contributed by atoms with van der Waals surface area (Å²) in [7, 11) is 0. The predicted molar refractivity (Wildman–Crippen MR) is 52.2 cm³/mol. The van der Waals surface area contributed by atoms with E-state index < -0.39 is 5.95 Å². The van der Waals surface area contributed by atoms with E-state index in [1.807, 2.05) is 30.3 Å². The third-order valence-corrected chi connectivity index (χ3v) is 1.99. The Bertz CT molecular complexity index is 440. The van der Waals surface area contributed by atoms with Gasteiger partial charge < -0.3 is 0 Å². The maximum atomic E-state index is 12.8. The molecule has 2 aromatic rings. The minimum absolute atomic E-state index is 0.510. The topological polar surface area (TPSA) is 25.8 Å². The Hall–Kier alpha value is -1.77. The molecule has 0 N–H and O–H groups in total. The number of aromatic nitrogens is 2. The highest BCUT2D eigenvalue weighted by atomic mass is 19.1. The Morgan fingerprint density at radius 2 is 1.79 bits per heavy atom. The lowest BCUT2D eigenvalue weighted by molar-refractivity contribution is 0.555. The smallest absolute Gasteiger partial charge is 0.183 e. The van der Waals surface area contributed by atoms with E-state index in [-0.39, 0.29) is 0 Å². The molecule has 70 valence electrons. The number of rotatable bonds is 1. The Labute approximate surface area is 81.4 Å². The first-order valence-corrected chi connectivity index (χ1v) is 4.32. The average Bonchev–Trinajstić information content (AvgIpc) is 2.23. The van der Waals surface area contributed by atoms with Crippen LogP contribution in [0.25, 0.3) is 11.3 Å². The fourth-order valence-corrected chi connectivity index (χ4v) is 1.22. The zero-order valence-electron chi connectivity index (χ0n) is 7.74. The van der Waals surface area contributed by atoms with Crippen molar-refractivity contribution in [3.8, 4) is 11.3 Å². The summed E-state index contributed by atoms with van der Waals surface area (Å²) < 4.78 is 12.8. The zero-order chi connectivity index (χ0) is 9.97. The number of hydrogen-bond acceptors (Lipinski definition) is 2. The van der Waals surface area contributed by atoms with Gasteiger partial charge in [0, 0.05) is 11.1 Å². The highest BCUT2D eigenvalue weighted by Crippen LogP contribution is 2.16. The Morgan fingerprint density at radius 1 is 1.07 bits per heavy atom. The van der Waals surface area contributed by atoms with Gasteiger partial charge in [-0.15, -0.1) is 10.2 Å². The summed E-state index contributed by atoms with van der Waals surface area (Å²) >= 11 is 0. The van der Waals surface area contributed by atoms with Crippen LogP contribution >= 0.6 is 0 Å². The van der Waals surface area contributed by atoms with Gasteiger partial charge in [0.2, 0.25) is 5.95 Å². The molecule has 0 aliphatic rings. The molecule has 0 unspecified atom stereocenters. The van der Waals surface area contributed by atoms with Crippen LogP contribution in [-0.4, -0.2) is 10.2 Å². The van der Waals surface area contributed by atoms with E-state index in [1.54, 1.807) is 13.0 Å². The molecule has 0 bridgehead atoms. The molecule has 0 fully saturated rings. The normalized spacial score (nSPS) is 10.1. The summed E-state index contributed by atoms with van der Waals surface area (Å²) in [5, 5.41) is 7.22.